The van der Waals surface area contributed by atoms with Crippen molar-refractivity contribution in [2.24, 2.45) is 5.92 Å². The first-order chi connectivity index (χ1) is 9.81. The van der Waals surface area contributed by atoms with Gasteiger partial charge in [-0.3, -0.25) is 0 Å². The van der Waals surface area contributed by atoms with Gasteiger partial charge < -0.3 is 4.90 Å². The number of hydrogen-bond acceptors (Lipinski definition) is 1. The fourth-order valence-electron chi connectivity index (χ4n) is 4.32. The molecule has 0 spiro atoms. The van der Waals surface area contributed by atoms with Crippen LogP contribution in [-0.2, 0) is 0 Å². The number of benzene rings is 1. The molecule has 0 aromatic heterocycles. The van der Waals surface area contributed by atoms with Gasteiger partial charge in [-0.15, -0.1) is 0 Å². The Bertz CT molecular complexity index is 635. The van der Waals surface area contributed by atoms with Crippen molar-refractivity contribution in [3.8, 4) is 0 Å². The van der Waals surface area contributed by atoms with Gasteiger partial charge >= 0.3 is 0 Å². The fourth-order valence-corrected chi connectivity index (χ4v) is 4.32. The maximum absolute atomic E-state index is 2.54. The van der Waals surface area contributed by atoms with E-state index in [2.05, 4.69) is 67.4 Å². The van der Waals surface area contributed by atoms with E-state index in [0.717, 1.165) is 13.0 Å². The summed E-state index contributed by atoms with van der Waals surface area (Å²) < 4.78 is 0. The highest BCUT2D eigenvalue weighted by molar-refractivity contribution is 5.56. The van der Waals surface area contributed by atoms with Gasteiger partial charge in [0.2, 0.25) is 0 Å². The van der Waals surface area contributed by atoms with Crippen molar-refractivity contribution in [1.29, 1.82) is 0 Å². The largest absolute Gasteiger partial charge is 0.370 e. The number of hydrogen-bond donors (Lipinski definition) is 0. The van der Waals surface area contributed by atoms with Crippen LogP contribution in [0.5, 0.6) is 0 Å². The van der Waals surface area contributed by atoms with Crippen LogP contribution in [0.3, 0.4) is 0 Å². The molecule has 0 amide bonds. The van der Waals surface area contributed by atoms with Gasteiger partial charge in [-0.1, -0.05) is 49.4 Å². The lowest BCUT2D eigenvalue weighted by molar-refractivity contribution is 0.234. The summed E-state index contributed by atoms with van der Waals surface area (Å²) in [5, 5.41) is 0. The van der Waals surface area contributed by atoms with Gasteiger partial charge in [0.05, 0.1) is 6.04 Å². The smallest absolute Gasteiger partial charge is 0.0574 e. The zero-order chi connectivity index (χ0) is 13.7. The van der Waals surface area contributed by atoms with Crippen molar-refractivity contribution in [2.75, 3.05) is 6.54 Å². The molecule has 102 valence electrons. The minimum Gasteiger partial charge on any atom is -0.370 e. The first-order valence-corrected chi connectivity index (χ1v) is 7.74. The molecule has 1 aliphatic heterocycles. The van der Waals surface area contributed by atoms with Gasteiger partial charge in [0.25, 0.3) is 0 Å². The molecule has 20 heavy (non-hydrogen) atoms. The first kappa shape index (κ1) is 12.0. The topological polar surface area (TPSA) is 3.24 Å². The molecule has 1 nitrogen and oxygen atoms in total. The van der Waals surface area contributed by atoms with Crippen LogP contribution in [0.15, 0.2) is 59.8 Å². The number of fused-ring (bicyclic) bond motifs is 7. The maximum Gasteiger partial charge on any atom is 0.0574 e. The molecule has 2 bridgehead atoms. The monoisotopic (exact) mass is 263 g/mol. The van der Waals surface area contributed by atoms with Gasteiger partial charge in [-0.2, -0.15) is 0 Å². The Kier molecular flexibility index (Phi) is 2.63. The molecule has 0 saturated carbocycles. The van der Waals surface area contributed by atoms with Crippen LogP contribution < -0.4 is 0 Å². The quantitative estimate of drug-likeness (QED) is 0.717. The normalized spacial score (nSPS) is 30.3. The van der Waals surface area contributed by atoms with E-state index in [4.69, 9.17) is 0 Å². The summed E-state index contributed by atoms with van der Waals surface area (Å²) in [4.78, 5) is 2.54. The Labute approximate surface area is 121 Å². The molecule has 2 aliphatic carbocycles. The van der Waals surface area contributed by atoms with Crippen LogP contribution in [0, 0.1) is 5.92 Å². The van der Waals surface area contributed by atoms with Crippen LogP contribution in [-0.4, -0.2) is 11.4 Å². The van der Waals surface area contributed by atoms with E-state index >= 15 is 0 Å². The van der Waals surface area contributed by atoms with Crippen LogP contribution in [0.4, 0.5) is 0 Å². The van der Waals surface area contributed by atoms with Crippen molar-refractivity contribution in [1.82, 2.24) is 4.90 Å². The summed E-state index contributed by atoms with van der Waals surface area (Å²) in [7, 11) is 0. The minimum atomic E-state index is 0.536. The highest BCUT2D eigenvalue weighted by Crippen LogP contribution is 2.55. The lowest BCUT2D eigenvalue weighted by Crippen LogP contribution is -2.25. The molecule has 1 heteroatoms. The van der Waals surface area contributed by atoms with Crippen LogP contribution >= 0.6 is 0 Å². The summed E-state index contributed by atoms with van der Waals surface area (Å²) in [5.74, 6) is 1.22. The summed E-state index contributed by atoms with van der Waals surface area (Å²) >= 11 is 0. The number of rotatable bonds is 1. The van der Waals surface area contributed by atoms with Crippen molar-refractivity contribution in [3.05, 3.63) is 71.0 Å². The van der Waals surface area contributed by atoms with E-state index in [9.17, 15) is 0 Å². The van der Waals surface area contributed by atoms with Crippen LogP contribution in [0.1, 0.15) is 43.4 Å². The molecule has 0 radical (unpaired) electrons. The standard InChI is InChI=1S/C19H21N/c1-3-20-12-14-8-4-5-9-15(14)18-13(2)19(20)17-11-7-6-10-16(17)18/h4,6-13,18-19H,3,5H2,1-2H3. The van der Waals surface area contributed by atoms with Crippen LogP contribution in [0.2, 0.25) is 0 Å². The van der Waals surface area contributed by atoms with Crippen molar-refractivity contribution in [3.63, 3.8) is 0 Å². The molecular formula is C19H21N. The molecule has 0 fully saturated rings. The summed E-state index contributed by atoms with van der Waals surface area (Å²) in [6.07, 6.45) is 10.5. The van der Waals surface area contributed by atoms with Gasteiger partial charge in [-0.05, 0) is 41.5 Å². The zero-order valence-corrected chi connectivity index (χ0v) is 12.2. The van der Waals surface area contributed by atoms with E-state index in [1.807, 2.05) is 0 Å². The van der Waals surface area contributed by atoms with Crippen molar-refractivity contribution >= 4 is 0 Å². The predicted octanol–water partition coefficient (Wildman–Crippen LogP) is 4.57. The second-order valence-corrected chi connectivity index (χ2v) is 6.12. The van der Waals surface area contributed by atoms with Gasteiger partial charge in [-0.25, -0.2) is 0 Å². The predicted molar refractivity (Wildman–Crippen MR) is 83.4 cm³/mol. The molecule has 0 N–H and O–H groups in total. The maximum atomic E-state index is 2.54. The summed E-state index contributed by atoms with van der Waals surface area (Å²) in [5.41, 5.74) is 6.06. The Morgan fingerprint density at radius 1 is 1.20 bits per heavy atom. The SMILES string of the molecule is CCN1C=C2C=CCC=C2C2c3ccccc3C1C2C. The highest BCUT2D eigenvalue weighted by atomic mass is 15.1. The molecule has 1 aromatic rings. The Morgan fingerprint density at radius 2 is 2.00 bits per heavy atom. The third-order valence-electron chi connectivity index (χ3n) is 5.14. The van der Waals surface area contributed by atoms with E-state index in [-0.39, 0.29) is 0 Å². The summed E-state index contributed by atoms with van der Waals surface area (Å²) in [6.45, 7) is 5.76. The average Bonchev–Trinajstić information content (AvgIpc) is 2.69. The molecule has 0 saturated heterocycles. The molecule has 3 unspecified atom stereocenters. The molecule has 3 aliphatic rings. The van der Waals surface area contributed by atoms with Crippen molar-refractivity contribution in [2.45, 2.75) is 32.2 Å². The molecule has 1 heterocycles. The van der Waals surface area contributed by atoms with Crippen LogP contribution in [0.25, 0.3) is 0 Å². The average molecular weight is 263 g/mol. The second kappa shape index (κ2) is 4.37. The van der Waals surface area contributed by atoms with Gasteiger partial charge in [0.15, 0.2) is 0 Å². The number of allylic oxidation sites excluding steroid dienone is 5. The minimum absolute atomic E-state index is 0.536. The highest BCUT2D eigenvalue weighted by Gasteiger charge is 2.44. The third-order valence-corrected chi connectivity index (χ3v) is 5.14. The molecule has 4 rings (SSSR count). The number of nitrogens with zero attached hydrogens (tertiary/aromatic N) is 1. The van der Waals surface area contributed by atoms with Gasteiger partial charge in [0, 0.05) is 18.7 Å². The Balaban J connectivity index is 1.96. The lowest BCUT2D eigenvalue weighted by Gasteiger charge is -2.30. The Hall–Kier alpha value is -1.76. The lowest BCUT2D eigenvalue weighted by atomic mass is 9.81. The molecular weight excluding hydrogens is 242 g/mol. The first-order valence-electron chi connectivity index (χ1n) is 7.74. The zero-order valence-electron chi connectivity index (χ0n) is 12.2. The fraction of sp³-hybridized carbons (Fsp3) is 0.368. The third kappa shape index (κ3) is 1.49. The van der Waals surface area contributed by atoms with Crippen molar-refractivity contribution < 1.29 is 0 Å². The summed E-state index contributed by atoms with van der Waals surface area (Å²) in [6, 6.07) is 9.59. The second-order valence-electron chi connectivity index (χ2n) is 6.12. The van der Waals surface area contributed by atoms with E-state index < -0.39 is 0 Å². The Morgan fingerprint density at radius 3 is 2.80 bits per heavy atom. The molecule has 1 aromatic carbocycles. The van der Waals surface area contributed by atoms with E-state index in [1.165, 1.54) is 11.1 Å². The van der Waals surface area contributed by atoms with E-state index in [1.54, 1.807) is 11.1 Å². The van der Waals surface area contributed by atoms with Gasteiger partial charge in [0.1, 0.15) is 0 Å². The van der Waals surface area contributed by atoms with E-state index in [0.29, 0.717) is 17.9 Å². The molecule has 3 atom stereocenters.